The maximum absolute atomic E-state index is 12.0. The topological polar surface area (TPSA) is 66.9 Å². The molecule has 0 aliphatic rings. The molecule has 0 saturated heterocycles. The lowest BCUT2D eigenvalue weighted by Crippen LogP contribution is -2.26. The number of thioether (sulfide) groups is 1. The van der Waals surface area contributed by atoms with Gasteiger partial charge in [0.05, 0.1) is 5.75 Å². The van der Waals surface area contributed by atoms with Crippen molar-refractivity contribution in [1.29, 1.82) is 0 Å². The molecule has 0 atom stereocenters. The lowest BCUT2D eigenvalue weighted by molar-refractivity contribution is -0.118. The van der Waals surface area contributed by atoms with Crippen LogP contribution in [0.2, 0.25) is 5.15 Å². The van der Waals surface area contributed by atoms with E-state index in [0.717, 1.165) is 30.6 Å². The summed E-state index contributed by atoms with van der Waals surface area (Å²) in [5, 5.41) is 7.05. The molecule has 1 heterocycles. The Morgan fingerprint density at radius 2 is 2.00 bits per heavy atom. The zero-order chi connectivity index (χ0) is 19.6. The standard InChI is InChI=1S/C20H27ClN4OS/c1-4-5-6-7-11-22-19(26)13-27-20-24-17(21)12-18(25-20)23-16-10-8-9-14(2)15(16)3/h8-10,12H,4-7,11,13H2,1-3H3,(H,22,26)(H,23,24,25). The van der Waals surface area contributed by atoms with E-state index < -0.39 is 0 Å². The number of halogens is 1. The molecule has 27 heavy (non-hydrogen) atoms. The van der Waals surface area contributed by atoms with E-state index in [1.807, 2.05) is 12.1 Å². The number of amides is 1. The summed E-state index contributed by atoms with van der Waals surface area (Å²) in [6.45, 7) is 7.01. The number of anilines is 2. The fraction of sp³-hybridized carbons (Fsp3) is 0.450. The maximum atomic E-state index is 12.0. The first kappa shape index (κ1) is 21.5. The molecule has 0 aliphatic heterocycles. The van der Waals surface area contributed by atoms with Gasteiger partial charge in [-0.3, -0.25) is 4.79 Å². The SMILES string of the molecule is CCCCCCNC(=O)CSc1nc(Cl)cc(Nc2cccc(C)c2C)n1. The summed E-state index contributed by atoms with van der Waals surface area (Å²) >= 11 is 7.41. The van der Waals surface area contributed by atoms with Crippen molar-refractivity contribution in [2.24, 2.45) is 0 Å². The van der Waals surface area contributed by atoms with Crippen molar-refractivity contribution >= 4 is 40.8 Å². The summed E-state index contributed by atoms with van der Waals surface area (Å²) < 4.78 is 0. The summed E-state index contributed by atoms with van der Waals surface area (Å²) in [7, 11) is 0. The van der Waals surface area contributed by atoms with E-state index in [4.69, 9.17) is 11.6 Å². The van der Waals surface area contributed by atoms with Crippen molar-refractivity contribution < 1.29 is 4.79 Å². The van der Waals surface area contributed by atoms with Gasteiger partial charge in [-0.25, -0.2) is 9.97 Å². The zero-order valence-corrected chi connectivity index (χ0v) is 17.7. The predicted octanol–water partition coefficient (Wildman–Crippen LogP) is 5.28. The van der Waals surface area contributed by atoms with Crippen molar-refractivity contribution in [3.8, 4) is 0 Å². The Labute approximate surface area is 170 Å². The molecule has 146 valence electrons. The number of aryl methyl sites for hydroxylation is 1. The lowest BCUT2D eigenvalue weighted by atomic mass is 10.1. The summed E-state index contributed by atoms with van der Waals surface area (Å²) in [6.07, 6.45) is 4.56. The van der Waals surface area contributed by atoms with Crippen molar-refractivity contribution in [1.82, 2.24) is 15.3 Å². The first-order valence-corrected chi connectivity index (χ1v) is 10.6. The van der Waals surface area contributed by atoms with Crippen LogP contribution in [0, 0.1) is 13.8 Å². The van der Waals surface area contributed by atoms with Crippen LogP contribution in [-0.2, 0) is 4.79 Å². The molecular formula is C20H27ClN4OS. The fourth-order valence-corrected chi connectivity index (χ4v) is 3.43. The number of rotatable bonds is 10. The van der Waals surface area contributed by atoms with E-state index in [1.54, 1.807) is 6.07 Å². The molecule has 0 unspecified atom stereocenters. The van der Waals surface area contributed by atoms with Gasteiger partial charge in [0, 0.05) is 18.3 Å². The molecule has 0 radical (unpaired) electrons. The Morgan fingerprint density at radius 3 is 2.78 bits per heavy atom. The van der Waals surface area contributed by atoms with Crippen molar-refractivity contribution in [2.45, 2.75) is 51.6 Å². The van der Waals surface area contributed by atoms with Crippen LogP contribution < -0.4 is 10.6 Å². The number of carbonyl (C=O) groups is 1. The number of carbonyl (C=O) groups excluding carboxylic acids is 1. The zero-order valence-electron chi connectivity index (χ0n) is 16.1. The average Bonchev–Trinajstić information content (AvgIpc) is 2.63. The summed E-state index contributed by atoms with van der Waals surface area (Å²) in [4.78, 5) is 20.6. The van der Waals surface area contributed by atoms with Gasteiger partial charge in [0.1, 0.15) is 11.0 Å². The second-order valence-corrected chi connectivity index (χ2v) is 7.76. The molecule has 0 spiro atoms. The molecule has 1 amide bonds. The van der Waals surface area contributed by atoms with Crippen LogP contribution in [0.5, 0.6) is 0 Å². The molecular weight excluding hydrogens is 380 g/mol. The normalized spacial score (nSPS) is 10.7. The van der Waals surface area contributed by atoms with E-state index in [0.29, 0.717) is 16.1 Å². The number of aromatic nitrogens is 2. The molecule has 1 aromatic carbocycles. The second-order valence-electron chi connectivity index (χ2n) is 6.43. The van der Waals surface area contributed by atoms with Gasteiger partial charge in [0.2, 0.25) is 5.91 Å². The quantitative estimate of drug-likeness (QED) is 0.243. The van der Waals surface area contributed by atoms with Gasteiger partial charge >= 0.3 is 0 Å². The fourth-order valence-electron chi connectivity index (χ4n) is 2.51. The van der Waals surface area contributed by atoms with E-state index in [9.17, 15) is 4.79 Å². The summed E-state index contributed by atoms with van der Waals surface area (Å²) in [5.74, 6) is 0.882. The van der Waals surface area contributed by atoms with Crippen molar-refractivity contribution in [2.75, 3.05) is 17.6 Å². The van der Waals surface area contributed by atoms with Gasteiger partial charge in [0.25, 0.3) is 0 Å². The van der Waals surface area contributed by atoms with Gasteiger partial charge in [0.15, 0.2) is 5.16 Å². The van der Waals surface area contributed by atoms with E-state index in [1.165, 1.54) is 30.2 Å². The first-order valence-electron chi connectivity index (χ1n) is 9.27. The molecule has 2 rings (SSSR count). The number of benzene rings is 1. The number of nitrogens with zero attached hydrogens (tertiary/aromatic N) is 2. The predicted molar refractivity (Wildman–Crippen MR) is 114 cm³/mol. The maximum Gasteiger partial charge on any atom is 0.230 e. The average molecular weight is 407 g/mol. The van der Waals surface area contributed by atoms with Gasteiger partial charge in [-0.15, -0.1) is 0 Å². The molecule has 1 aromatic heterocycles. The monoisotopic (exact) mass is 406 g/mol. The van der Waals surface area contributed by atoms with Crippen molar-refractivity contribution in [3.05, 3.63) is 40.5 Å². The summed E-state index contributed by atoms with van der Waals surface area (Å²) in [6, 6.07) is 7.74. The summed E-state index contributed by atoms with van der Waals surface area (Å²) in [5.41, 5.74) is 3.33. The number of unbranched alkanes of at least 4 members (excludes halogenated alkanes) is 3. The van der Waals surface area contributed by atoms with Gasteiger partial charge in [-0.2, -0.15) is 0 Å². The molecule has 7 heteroatoms. The smallest absolute Gasteiger partial charge is 0.230 e. The molecule has 2 aromatic rings. The highest BCUT2D eigenvalue weighted by atomic mass is 35.5. The minimum Gasteiger partial charge on any atom is -0.355 e. The van der Waals surface area contributed by atoms with Gasteiger partial charge in [-0.05, 0) is 37.5 Å². The molecule has 0 fully saturated rings. The Kier molecular flexibility index (Phi) is 8.88. The van der Waals surface area contributed by atoms with Crippen LogP contribution in [0.4, 0.5) is 11.5 Å². The Balaban J connectivity index is 1.91. The van der Waals surface area contributed by atoms with Gasteiger partial charge in [-0.1, -0.05) is 61.7 Å². The molecule has 0 bridgehead atoms. The lowest BCUT2D eigenvalue weighted by Gasteiger charge is -2.11. The first-order chi connectivity index (χ1) is 13.0. The minimum atomic E-state index is -0.0101. The highest BCUT2D eigenvalue weighted by Crippen LogP contribution is 2.25. The second kappa shape index (κ2) is 11.1. The Bertz CT molecular complexity index is 770. The largest absolute Gasteiger partial charge is 0.355 e. The van der Waals surface area contributed by atoms with Crippen LogP contribution in [0.1, 0.15) is 43.7 Å². The highest BCUT2D eigenvalue weighted by molar-refractivity contribution is 7.99. The van der Waals surface area contributed by atoms with Crippen LogP contribution in [0.25, 0.3) is 0 Å². The minimum absolute atomic E-state index is 0.0101. The molecule has 5 nitrogen and oxygen atoms in total. The third kappa shape index (κ3) is 7.39. The van der Waals surface area contributed by atoms with E-state index >= 15 is 0 Å². The van der Waals surface area contributed by atoms with Crippen LogP contribution >= 0.6 is 23.4 Å². The van der Waals surface area contributed by atoms with Crippen LogP contribution in [0.15, 0.2) is 29.4 Å². The number of hydrogen-bond donors (Lipinski definition) is 2. The van der Waals surface area contributed by atoms with E-state index in [2.05, 4.69) is 47.4 Å². The molecule has 0 saturated carbocycles. The third-order valence-corrected chi connectivity index (χ3v) is 5.27. The highest BCUT2D eigenvalue weighted by Gasteiger charge is 2.09. The van der Waals surface area contributed by atoms with Crippen molar-refractivity contribution in [3.63, 3.8) is 0 Å². The number of nitrogens with one attached hydrogen (secondary N) is 2. The Hall–Kier alpha value is -1.79. The van der Waals surface area contributed by atoms with E-state index in [-0.39, 0.29) is 11.7 Å². The van der Waals surface area contributed by atoms with Crippen LogP contribution in [-0.4, -0.2) is 28.2 Å². The third-order valence-electron chi connectivity index (χ3n) is 4.23. The molecule has 0 aliphatic carbocycles. The number of hydrogen-bond acceptors (Lipinski definition) is 5. The van der Waals surface area contributed by atoms with Gasteiger partial charge < -0.3 is 10.6 Å². The van der Waals surface area contributed by atoms with Crippen LogP contribution in [0.3, 0.4) is 0 Å². The Morgan fingerprint density at radius 1 is 1.19 bits per heavy atom. The molecule has 2 N–H and O–H groups in total.